The Balaban J connectivity index is 2.46. The molecule has 0 saturated carbocycles. The van der Waals surface area contributed by atoms with Crippen LogP contribution in [-0.4, -0.2) is 20.5 Å². The van der Waals surface area contributed by atoms with Gasteiger partial charge in [-0.15, -0.1) is 0 Å². The number of sulfone groups is 1. The van der Waals surface area contributed by atoms with Crippen LogP contribution in [0.25, 0.3) is 0 Å². The highest BCUT2D eigenvalue weighted by molar-refractivity contribution is 7.90. The van der Waals surface area contributed by atoms with Gasteiger partial charge in [-0.25, -0.2) is 12.8 Å². The van der Waals surface area contributed by atoms with Crippen molar-refractivity contribution in [2.45, 2.75) is 4.90 Å². The molecule has 0 N–H and O–H groups in total. The number of ketones is 1. The number of benzene rings is 2. The van der Waals surface area contributed by atoms with Gasteiger partial charge in [-0.3, -0.25) is 4.79 Å². The van der Waals surface area contributed by atoms with Crippen LogP contribution in [-0.2, 0) is 9.84 Å². The summed E-state index contributed by atoms with van der Waals surface area (Å²) in [6.45, 7) is 0. The quantitative estimate of drug-likeness (QED) is 0.810. The number of carbonyl (C=O) groups is 1. The summed E-state index contributed by atoms with van der Waals surface area (Å²) in [5.74, 6) is -0.921. The summed E-state index contributed by atoms with van der Waals surface area (Å²) in [6, 6.07) is 11.0. The zero-order valence-electron chi connectivity index (χ0n) is 10.1. The van der Waals surface area contributed by atoms with Crippen molar-refractivity contribution in [2.75, 3.05) is 6.26 Å². The smallest absolute Gasteiger partial charge is 0.193 e. The molecule has 98 valence electrons. The fourth-order valence-corrected chi connectivity index (χ4v) is 2.33. The molecule has 0 amide bonds. The van der Waals surface area contributed by atoms with Gasteiger partial charge in [0.25, 0.3) is 0 Å². The lowest BCUT2D eigenvalue weighted by Crippen LogP contribution is -2.04. The van der Waals surface area contributed by atoms with Gasteiger partial charge in [0.05, 0.1) is 4.90 Å². The van der Waals surface area contributed by atoms with Gasteiger partial charge in [-0.2, -0.15) is 0 Å². The zero-order chi connectivity index (χ0) is 14.0. The van der Waals surface area contributed by atoms with Crippen molar-refractivity contribution in [2.24, 2.45) is 0 Å². The van der Waals surface area contributed by atoms with Crippen molar-refractivity contribution in [3.8, 4) is 0 Å². The van der Waals surface area contributed by atoms with Crippen LogP contribution >= 0.6 is 0 Å². The topological polar surface area (TPSA) is 51.2 Å². The number of carbonyl (C=O) groups excluding carboxylic acids is 1. The van der Waals surface area contributed by atoms with Crippen molar-refractivity contribution in [3.63, 3.8) is 0 Å². The number of halogens is 1. The lowest BCUT2D eigenvalue weighted by atomic mass is 10.0. The van der Waals surface area contributed by atoms with Gasteiger partial charge < -0.3 is 0 Å². The standard InChI is InChI=1S/C14H11FO3S/c1-19(17,18)13-7-3-5-11(9-13)14(16)10-4-2-6-12(15)8-10/h2-9H,1H3. The molecule has 0 bridgehead atoms. The van der Waals surface area contributed by atoms with Crippen molar-refractivity contribution >= 4 is 15.6 Å². The number of hydrogen-bond acceptors (Lipinski definition) is 3. The highest BCUT2D eigenvalue weighted by Gasteiger charge is 2.13. The Morgan fingerprint density at radius 2 is 1.58 bits per heavy atom. The third-order valence-corrected chi connectivity index (χ3v) is 3.72. The van der Waals surface area contributed by atoms with Crippen LogP contribution in [0, 0.1) is 5.82 Å². The van der Waals surface area contributed by atoms with Crippen molar-refractivity contribution < 1.29 is 17.6 Å². The normalized spacial score (nSPS) is 11.3. The van der Waals surface area contributed by atoms with E-state index >= 15 is 0 Å². The summed E-state index contributed by atoms with van der Waals surface area (Å²) in [4.78, 5) is 12.2. The fourth-order valence-electron chi connectivity index (χ4n) is 1.66. The van der Waals surface area contributed by atoms with E-state index in [1.54, 1.807) is 0 Å². The third-order valence-electron chi connectivity index (χ3n) is 2.61. The predicted octanol–water partition coefficient (Wildman–Crippen LogP) is 2.46. The van der Waals surface area contributed by atoms with E-state index in [1.807, 2.05) is 0 Å². The molecule has 0 atom stereocenters. The first kappa shape index (κ1) is 13.4. The van der Waals surface area contributed by atoms with Gasteiger partial charge in [0.2, 0.25) is 0 Å². The van der Waals surface area contributed by atoms with E-state index < -0.39 is 21.4 Å². The molecule has 2 aromatic rings. The van der Waals surface area contributed by atoms with Crippen LogP contribution in [0.5, 0.6) is 0 Å². The molecule has 2 rings (SSSR count). The maximum atomic E-state index is 13.1. The molecule has 19 heavy (non-hydrogen) atoms. The summed E-state index contributed by atoms with van der Waals surface area (Å²) in [5, 5.41) is 0. The van der Waals surface area contributed by atoms with Gasteiger partial charge in [0.1, 0.15) is 5.82 Å². The Morgan fingerprint density at radius 3 is 2.16 bits per heavy atom. The summed E-state index contributed by atoms with van der Waals surface area (Å²) in [5.41, 5.74) is 0.402. The molecule has 0 aliphatic rings. The van der Waals surface area contributed by atoms with E-state index in [4.69, 9.17) is 0 Å². The lowest BCUT2D eigenvalue weighted by molar-refractivity contribution is 0.103. The Hall–Kier alpha value is -2.01. The van der Waals surface area contributed by atoms with Gasteiger partial charge in [-0.05, 0) is 24.3 Å². The highest BCUT2D eigenvalue weighted by atomic mass is 32.2. The van der Waals surface area contributed by atoms with Crippen LogP contribution < -0.4 is 0 Å². The summed E-state index contributed by atoms with van der Waals surface area (Å²) in [7, 11) is -3.38. The second kappa shape index (κ2) is 4.93. The fraction of sp³-hybridized carbons (Fsp3) is 0.0714. The van der Waals surface area contributed by atoms with E-state index in [1.165, 1.54) is 42.5 Å². The molecular weight excluding hydrogens is 267 g/mol. The molecule has 0 radical (unpaired) electrons. The molecule has 0 saturated heterocycles. The number of hydrogen-bond donors (Lipinski definition) is 0. The summed E-state index contributed by atoms with van der Waals surface area (Å²) < 4.78 is 35.9. The summed E-state index contributed by atoms with van der Waals surface area (Å²) >= 11 is 0. The second-order valence-electron chi connectivity index (χ2n) is 4.14. The van der Waals surface area contributed by atoms with Gasteiger partial charge in [-0.1, -0.05) is 24.3 Å². The molecule has 0 aromatic heterocycles. The number of rotatable bonds is 3. The molecule has 0 fully saturated rings. The molecule has 0 aliphatic heterocycles. The first-order valence-electron chi connectivity index (χ1n) is 5.48. The average molecular weight is 278 g/mol. The van der Waals surface area contributed by atoms with Gasteiger partial charge >= 0.3 is 0 Å². The largest absolute Gasteiger partial charge is 0.289 e. The second-order valence-corrected chi connectivity index (χ2v) is 6.16. The Kier molecular flexibility index (Phi) is 3.48. The molecule has 5 heteroatoms. The molecule has 0 unspecified atom stereocenters. The highest BCUT2D eigenvalue weighted by Crippen LogP contribution is 2.15. The minimum absolute atomic E-state index is 0.0646. The zero-order valence-corrected chi connectivity index (χ0v) is 10.9. The summed E-state index contributed by atoms with van der Waals surface area (Å²) in [6.07, 6.45) is 1.07. The lowest BCUT2D eigenvalue weighted by Gasteiger charge is -2.04. The van der Waals surface area contributed by atoms with E-state index in [9.17, 15) is 17.6 Å². The van der Waals surface area contributed by atoms with Crippen LogP contribution in [0.1, 0.15) is 15.9 Å². The molecule has 0 spiro atoms. The Bertz CT molecular complexity index is 736. The van der Waals surface area contributed by atoms with E-state index in [0.717, 1.165) is 12.3 Å². The minimum atomic E-state index is -3.38. The van der Waals surface area contributed by atoms with Crippen molar-refractivity contribution in [3.05, 3.63) is 65.5 Å². The van der Waals surface area contributed by atoms with E-state index in [-0.39, 0.29) is 16.0 Å². The molecular formula is C14H11FO3S. The van der Waals surface area contributed by atoms with Crippen LogP contribution in [0.3, 0.4) is 0 Å². The van der Waals surface area contributed by atoms with Gasteiger partial charge in [0.15, 0.2) is 15.6 Å². The van der Waals surface area contributed by atoms with E-state index in [2.05, 4.69) is 0 Å². The molecule has 2 aromatic carbocycles. The van der Waals surface area contributed by atoms with Crippen molar-refractivity contribution in [1.29, 1.82) is 0 Å². The van der Waals surface area contributed by atoms with Crippen LogP contribution in [0.15, 0.2) is 53.4 Å². The minimum Gasteiger partial charge on any atom is -0.289 e. The SMILES string of the molecule is CS(=O)(=O)c1cccc(C(=O)c2cccc(F)c2)c1. The van der Waals surface area contributed by atoms with Crippen LogP contribution in [0.4, 0.5) is 4.39 Å². The molecule has 0 heterocycles. The van der Waals surface area contributed by atoms with E-state index in [0.29, 0.717) is 0 Å². The third kappa shape index (κ3) is 3.06. The monoisotopic (exact) mass is 278 g/mol. The average Bonchev–Trinajstić information content (AvgIpc) is 2.37. The molecule has 0 aliphatic carbocycles. The maximum Gasteiger partial charge on any atom is 0.193 e. The van der Waals surface area contributed by atoms with Gasteiger partial charge in [0, 0.05) is 17.4 Å². The molecule has 3 nitrogen and oxygen atoms in total. The van der Waals surface area contributed by atoms with Crippen molar-refractivity contribution in [1.82, 2.24) is 0 Å². The Labute approximate surface area is 110 Å². The predicted molar refractivity (Wildman–Crippen MR) is 69.4 cm³/mol. The van der Waals surface area contributed by atoms with Crippen LogP contribution in [0.2, 0.25) is 0 Å². The Morgan fingerprint density at radius 1 is 1.00 bits per heavy atom. The first-order valence-corrected chi connectivity index (χ1v) is 7.37. The first-order chi connectivity index (χ1) is 8.88. The maximum absolute atomic E-state index is 13.1.